The maximum absolute atomic E-state index is 13.4. The number of aromatic nitrogens is 3. The topological polar surface area (TPSA) is 89.4 Å². The van der Waals surface area contributed by atoms with Gasteiger partial charge < -0.3 is 19.5 Å². The molecule has 1 unspecified atom stereocenters. The average molecular weight is 399 g/mol. The number of hydrogen-bond donors (Lipinski definition) is 1. The summed E-state index contributed by atoms with van der Waals surface area (Å²) in [7, 11) is 0. The molecule has 29 heavy (non-hydrogen) atoms. The number of imidazole rings is 1. The highest BCUT2D eigenvalue weighted by Crippen LogP contribution is 2.44. The molecule has 1 N–H and O–H groups in total. The molecule has 3 aliphatic rings. The average Bonchev–Trinajstić information content (AvgIpc) is 3.38. The first kappa shape index (κ1) is 18.2. The zero-order valence-corrected chi connectivity index (χ0v) is 15.9. The third-order valence-electron chi connectivity index (χ3n) is 6.12. The minimum Gasteiger partial charge on any atom is -0.381 e. The quantitative estimate of drug-likeness (QED) is 0.836. The number of fused-ring (bicyclic) bond motifs is 2. The van der Waals surface area contributed by atoms with Gasteiger partial charge in [0.25, 0.3) is 5.91 Å². The predicted octanol–water partition coefficient (Wildman–Crippen LogP) is 1.26. The Bertz CT molecular complexity index is 949. The van der Waals surface area contributed by atoms with Crippen LogP contribution in [0.25, 0.3) is 0 Å². The van der Waals surface area contributed by atoms with E-state index in [9.17, 15) is 14.0 Å². The van der Waals surface area contributed by atoms with Crippen LogP contribution in [0.1, 0.15) is 41.5 Å². The second-order valence-corrected chi connectivity index (χ2v) is 8.19. The molecule has 152 valence electrons. The fourth-order valence-corrected chi connectivity index (χ4v) is 4.72. The lowest BCUT2D eigenvalue weighted by Gasteiger charge is -2.49. The van der Waals surface area contributed by atoms with E-state index in [1.165, 1.54) is 12.3 Å². The molecule has 5 rings (SSSR count). The zero-order chi connectivity index (χ0) is 20.0. The highest BCUT2D eigenvalue weighted by atomic mass is 19.1. The van der Waals surface area contributed by atoms with Crippen LogP contribution < -0.4 is 5.32 Å². The lowest BCUT2D eigenvalue weighted by molar-refractivity contribution is -0.123. The number of amides is 2. The van der Waals surface area contributed by atoms with E-state index in [-0.39, 0.29) is 34.9 Å². The number of carbonyl (C=O) groups excluding carboxylic acids is 2. The van der Waals surface area contributed by atoms with E-state index < -0.39 is 5.82 Å². The lowest BCUT2D eigenvalue weighted by atomic mass is 9.85. The minimum atomic E-state index is -0.528. The van der Waals surface area contributed by atoms with Crippen LogP contribution in [0, 0.1) is 11.7 Å². The number of ether oxygens (including phenoxy) is 1. The summed E-state index contributed by atoms with van der Waals surface area (Å²) >= 11 is 0. The number of halogens is 1. The molecule has 9 heteroatoms. The molecule has 2 aromatic rings. The van der Waals surface area contributed by atoms with Crippen LogP contribution in [0.5, 0.6) is 0 Å². The van der Waals surface area contributed by atoms with Crippen LogP contribution >= 0.6 is 0 Å². The molecule has 3 aliphatic heterocycles. The van der Waals surface area contributed by atoms with E-state index in [0.717, 1.165) is 25.0 Å². The van der Waals surface area contributed by atoms with E-state index in [2.05, 4.69) is 19.9 Å². The standard InChI is InChI=1S/C20H22FN5O3/c21-15-6-14(8-22-9-15)19(28)25-11-20(12-25)7-16(18-23-2-3-26(18)20)24-17(27)5-13-1-4-29-10-13/h2-3,6,8-9,13,16H,1,4-5,7,10-12H2,(H,24,27)/t13-,16?/m1/s1. The largest absolute Gasteiger partial charge is 0.381 e. The van der Waals surface area contributed by atoms with E-state index in [4.69, 9.17) is 4.74 Å². The van der Waals surface area contributed by atoms with Crippen LogP contribution in [0.3, 0.4) is 0 Å². The van der Waals surface area contributed by atoms with Gasteiger partial charge in [-0.05, 0) is 18.4 Å². The van der Waals surface area contributed by atoms with Crippen molar-refractivity contribution in [2.24, 2.45) is 5.92 Å². The van der Waals surface area contributed by atoms with Crippen molar-refractivity contribution in [1.82, 2.24) is 24.8 Å². The van der Waals surface area contributed by atoms with Crippen molar-refractivity contribution in [2.45, 2.75) is 30.8 Å². The Balaban J connectivity index is 1.26. The molecule has 2 fully saturated rings. The van der Waals surface area contributed by atoms with Gasteiger partial charge in [0.05, 0.1) is 23.3 Å². The number of nitrogens with zero attached hydrogens (tertiary/aromatic N) is 4. The highest BCUT2D eigenvalue weighted by molar-refractivity contribution is 5.94. The van der Waals surface area contributed by atoms with Crippen molar-refractivity contribution in [3.63, 3.8) is 0 Å². The summed E-state index contributed by atoms with van der Waals surface area (Å²) in [6.45, 7) is 2.35. The number of likely N-dealkylation sites (tertiary alicyclic amines) is 1. The van der Waals surface area contributed by atoms with Gasteiger partial charge >= 0.3 is 0 Å². The summed E-state index contributed by atoms with van der Waals surface area (Å²) in [5.41, 5.74) is -0.0382. The molecule has 2 aromatic heterocycles. The third-order valence-corrected chi connectivity index (χ3v) is 6.12. The third kappa shape index (κ3) is 3.19. The molecule has 2 saturated heterocycles. The summed E-state index contributed by atoms with van der Waals surface area (Å²) in [6.07, 6.45) is 8.15. The molecule has 0 aromatic carbocycles. The summed E-state index contributed by atoms with van der Waals surface area (Å²) in [4.78, 5) is 35.0. The van der Waals surface area contributed by atoms with Gasteiger partial charge in [-0.25, -0.2) is 9.37 Å². The molecule has 2 atom stereocenters. The summed E-state index contributed by atoms with van der Waals surface area (Å²) in [5, 5.41) is 3.11. The maximum Gasteiger partial charge on any atom is 0.255 e. The van der Waals surface area contributed by atoms with Gasteiger partial charge in [-0.15, -0.1) is 0 Å². The predicted molar refractivity (Wildman–Crippen MR) is 99.3 cm³/mol. The molecule has 0 saturated carbocycles. The molecular formula is C20H22FN5O3. The van der Waals surface area contributed by atoms with Crippen molar-refractivity contribution in [3.8, 4) is 0 Å². The highest BCUT2D eigenvalue weighted by Gasteiger charge is 2.53. The van der Waals surface area contributed by atoms with E-state index >= 15 is 0 Å². The molecule has 0 bridgehead atoms. The molecule has 8 nitrogen and oxygen atoms in total. The Morgan fingerprint density at radius 2 is 2.21 bits per heavy atom. The van der Waals surface area contributed by atoms with Gasteiger partial charge in [-0.2, -0.15) is 0 Å². The Labute approximate surface area is 167 Å². The van der Waals surface area contributed by atoms with Crippen LogP contribution in [0.4, 0.5) is 4.39 Å². The first-order chi connectivity index (χ1) is 14.0. The normalized spacial score (nSPS) is 24.4. The van der Waals surface area contributed by atoms with Gasteiger partial charge in [-0.1, -0.05) is 0 Å². The minimum absolute atomic E-state index is 0.00944. The van der Waals surface area contributed by atoms with E-state index in [1.807, 2.05) is 6.20 Å². The number of hydrogen-bond acceptors (Lipinski definition) is 5. The monoisotopic (exact) mass is 399 g/mol. The van der Waals surface area contributed by atoms with Gasteiger partial charge in [0.2, 0.25) is 5.91 Å². The molecule has 1 spiro atoms. The van der Waals surface area contributed by atoms with Crippen molar-refractivity contribution in [3.05, 3.63) is 48.1 Å². The Kier molecular flexibility index (Phi) is 4.34. The lowest BCUT2D eigenvalue weighted by Crippen LogP contribution is -2.63. The summed E-state index contributed by atoms with van der Waals surface area (Å²) in [5.74, 6) is 0.342. The zero-order valence-electron chi connectivity index (χ0n) is 15.9. The van der Waals surface area contributed by atoms with Crippen LogP contribution in [0.15, 0.2) is 30.9 Å². The van der Waals surface area contributed by atoms with Crippen molar-refractivity contribution >= 4 is 11.8 Å². The van der Waals surface area contributed by atoms with Gasteiger partial charge in [0.1, 0.15) is 11.6 Å². The first-order valence-electron chi connectivity index (χ1n) is 9.85. The SMILES string of the molecule is O=C(C[C@H]1CCOC1)NC1CC2(CN(C(=O)c3cncc(F)c3)C2)n2ccnc21. The van der Waals surface area contributed by atoms with Gasteiger partial charge in [0.15, 0.2) is 0 Å². The number of carbonyl (C=O) groups is 2. The molecule has 5 heterocycles. The molecule has 2 amide bonds. The van der Waals surface area contributed by atoms with Crippen molar-refractivity contribution < 1.29 is 18.7 Å². The van der Waals surface area contributed by atoms with Crippen LogP contribution in [-0.4, -0.2) is 57.6 Å². The Morgan fingerprint density at radius 3 is 2.97 bits per heavy atom. The Hall–Kier alpha value is -2.81. The van der Waals surface area contributed by atoms with E-state index in [1.54, 1.807) is 11.1 Å². The second kappa shape index (κ2) is 6.91. The Morgan fingerprint density at radius 1 is 1.34 bits per heavy atom. The van der Waals surface area contributed by atoms with E-state index in [0.29, 0.717) is 32.5 Å². The molecular weight excluding hydrogens is 377 g/mol. The molecule has 0 radical (unpaired) electrons. The van der Waals surface area contributed by atoms with Crippen molar-refractivity contribution in [1.29, 1.82) is 0 Å². The summed E-state index contributed by atoms with van der Waals surface area (Å²) in [6, 6.07) is 1.03. The summed E-state index contributed by atoms with van der Waals surface area (Å²) < 4.78 is 20.8. The number of nitrogens with one attached hydrogen (secondary N) is 1. The fourth-order valence-electron chi connectivity index (χ4n) is 4.72. The van der Waals surface area contributed by atoms with Crippen LogP contribution in [0.2, 0.25) is 0 Å². The maximum atomic E-state index is 13.4. The smallest absolute Gasteiger partial charge is 0.255 e. The van der Waals surface area contributed by atoms with Gasteiger partial charge in [-0.3, -0.25) is 14.6 Å². The number of pyridine rings is 1. The fraction of sp³-hybridized carbons (Fsp3) is 0.500. The second-order valence-electron chi connectivity index (χ2n) is 8.19. The van der Waals surface area contributed by atoms with Crippen molar-refractivity contribution in [2.75, 3.05) is 26.3 Å². The number of rotatable bonds is 4. The molecule has 0 aliphatic carbocycles. The van der Waals surface area contributed by atoms with Gasteiger partial charge in [0, 0.05) is 57.7 Å². The first-order valence-corrected chi connectivity index (χ1v) is 9.85. The van der Waals surface area contributed by atoms with Crippen LogP contribution in [-0.2, 0) is 15.1 Å².